The average molecular weight is 525 g/mol. The molecular weight excluding hydrogens is 496 g/mol. The number of sulfone groups is 1. The van der Waals surface area contributed by atoms with Crippen molar-refractivity contribution in [2.45, 2.75) is 0 Å². The fourth-order valence-electron chi connectivity index (χ4n) is 3.50. The third kappa shape index (κ3) is 6.18. The van der Waals surface area contributed by atoms with Gasteiger partial charge >= 0.3 is 0 Å². The van der Waals surface area contributed by atoms with Crippen LogP contribution in [0.5, 0.6) is 0 Å². The third-order valence-corrected chi connectivity index (χ3v) is 6.74. The SMILES string of the molecule is CN=C(NCCN1CCS(=O)(=O)CC1)N1CCN(c2ccccc2F)CC1.I. The number of para-hydroxylation sites is 1. The zero-order valence-corrected chi connectivity index (χ0v) is 19.3. The molecule has 0 radical (unpaired) electrons. The zero-order valence-electron chi connectivity index (χ0n) is 16.2. The fraction of sp³-hybridized carbons (Fsp3) is 0.611. The van der Waals surface area contributed by atoms with E-state index >= 15 is 0 Å². The quantitative estimate of drug-likeness (QED) is 0.358. The number of anilines is 1. The fourth-order valence-corrected chi connectivity index (χ4v) is 4.78. The van der Waals surface area contributed by atoms with Gasteiger partial charge in [0.15, 0.2) is 15.8 Å². The number of nitrogens with zero attached hydrogens (tertiary/aromatic N) is 4. The summed E-state index contributed by atoms with van der Waals surface area (Å²) in [4.78, 5) is 10.8. The molecule has 1 aromatic carbocycles. The second-order valence-electron chi connectivity index (χ2n) is 6.89. The topological polar surface area (TPSA) is 68.2 Å². The summed E-state index contributed by atoms with van der Waals surface area (Å²) in [6.45, 7) is 5.75. The van der Waals surface area contributed by atoms with E-state index in [1.165, 1.54) is 6.07 Å². The number of aliphatic imine (C=N–C) groups is 1. The van der Waals surface area contributed by atoms with E-state index in [1.54, 1.807) is 13.1 Å². The van der Waals surface area contributed by atoms with Crippen LogP contribution >= 0.6 is 24.0 Å². The Morgan fingerprint density at radius 3 is 2.36 bits per heavy atom. The summed E-state index contributed by atoms with van der Waals surface area (Å²) in [5.41, 5.74) is 0.653. The van der Waals surface area contributed by atoms with Gasteiger partial charge in [-0.05, 0) is 12.1 Å². The monoisotopic (exact) mass is 525 g/mol. The lowest BCUT2D eigenvalue weighted by molar-refractivity contribution is 0.296. The van der Waals surface area contributed by atoms with Gasteiger partial charge in [-0.1, -0.05) is 12.1 Å². The maximum Gasteiger partial charge on any atom is 0.193 e. The second kappa shape index (κ2) is 10.6. The number of nitrogens with one attached hydrogen (secondary N) is 1. The van der Waals surface area contributed by atoms with Gasteiger partial charge in [-0.15, -0.1) is 24.0 Å². The first-order valence-corrected chi connectivity index (χ1v) is 11.2. The molecule has 0 amide bonds. The van der Waals surface area contributed by atoms with Gasteiger partial charge in [0.25, 0.3) is 0 Å². The number of hydrogen-bond donors (Lipinski definition) is 1. The standard InChI is InChI=1S/C18H28FN5O2S.HI/c1-20-18(21-6-7-22-12-14-27(25,26)15-13-22)24-10-8-23(9-11-24)17-5-3-2-4-16(17)19;/h2-5H,6-15H2,1H3,(H,20,21);1H. The molecule has 10 heteroatoms. The van der Waals surface area contributed by atoms with Gasteiger partial charge < -0.3 is 15.1 Å². The smallest absolute Gasteiger partial charge is 0.193 e. The molecule has 2 aliphatic rings. The predicted molar refractivity (Wildman–Crippen MR) is 122 cm³/mol. The highest BCUT2D eigenvalue weighted by Crippen LogP contribution is 2.20. The minimum absolute atomic E-state index is 0. The zero-order chi connectivity index (χ0) is 19.3. The Morgan fingerprint density at radius 2 is 1.75 bits per heavy atom. The molecule has 0 bridgehead atoms. The molecular formula is C18H29FIN5O2S. The van der Waals surface area contributed by atoms with Crippen LogP contribution in [0.25, 0.3) is 0 Å². The summed E-state index contributed by atoms with van der Waals surface area (Å²) in [5, 5.41) is 3.37. The van der Waals surface area contributed by atoms with E-state index in [0.29, 0.717) is 18.8 Å². The Hall–Kier alpha value is -1.14. The number of hydrogen-bond acceptors (Lipinski definition) is 5. The van der Waals surface area contributed by atoms with Crippen LogP contribution in [0.1, 0.15) is 0 Å². The van der Waals surface area contributed by atoms with Gasteiger partial charge in [-0.25, -0.2) is 12.8 Å². The molecule has 2 saturated heterocycles. The Bertz CT molecular complexity index is 755. The molecule has 2 aliphatic heterocycles. The first-order valence-electron chi connectivity index (χ1n) is 9.36. The summed E-state index contributed by atoms with van der Waals surface area (Å²) in [6, 6.07) is 6.88. The van der Waals surface area contributed by atoms with Crippen LogP contribution in [-0.2, 0) is 9.84 Å². The van der Waals surface area contributed by atoms with Gasteiger partial charge in [0.05, 0.1) is 17.2 Å². The highest BCUT2D eigenvalue weighted by Gasteiger charge is 2.23. The van der Waals surface area contributed by atoms with E-state index in [-0.39, 0.29) is 41.3 Å². The Labute approximate surface area is 183 Å². The summed E-state index contributed by atoms with van der Waals surface area (Å²) < 4.78 is 36.9. The van der Waals surface area contributed by atoms with Crippen molar-refractivity contribution < 1.29 is 12.8 Å². The van der Waals surface area contributed by atoms with Crippen LogP contribution in [0.2, 0.25) is 0 Å². The summed E-state index contributed by atoms with van der Waals surface area (Å²) in [7, 11) is -1.07. The normalized spacial score (nSPS) is 20.6. The lowest BCUT2D eigenvalue weighted by Gasteiger charge is -2.38. The summed E-state index contributed by atoms with van der Waals surface area (Å²) in [5.74, 6) is 1.16. The van der Waals surface area contributed by atoms with Crippen LogP contribution in [0.3, 0.4) is 0 Å². The molecule has 7 nitrogen and oxygen atoms in total. The van der Waals surface area contributed by atoms with Gasteiger partial charge in [-0.2, -0.15) is 0 Å². The Kier molecular flexibility index (Phi) is 8.75. The lowest BCUT2D eigenvalue weighted by atomic mass is 10.2. The Balaban J connectivity index is 0.00000280. The number of piperazine rings is 1. The predicted octanol–water partition coefficient (Wildman–Crippen LogP) is 0.872. The summed E-state index contributed by atoms with van der Waals surface area (Å²) >= 11 is 0. The van der Waals surface area contributed by atoms with Gasteiger partial charge in [0, 0.05) is 59.4 Å². The van der Waals surface area contributed by atoms with Gasteiger partial charge in [0.1, 0.15) is 5.82 Å². The Morgan fingerprint density at radius 1 is 1.11 bits per heavy atom. The van der Waals surface area contributed by atoms with Crippen molar-refractivity contribution in [3.8, 4) is 0 Å². The van der Waals surface area contributed by atoms with Crippen molar-refractivity contribution in [2.75, 3.05) is 75.8 Å². The number of benzene rings is 1. The average Bonchev–Trinajstić information content (AvgIpc) is 2.67. The highest BCUT2D eigenvalue weighted by molar-refractivity contribution is 14.0. The van der Waals surface area contributed by atoms with Crippen LogP contribution in [0.15, 0.2) is 29.3 Å². The minimum Gasteiger partial charge on any atom is -0.366 e. The molecule has 1 N–H and O–H groups in total. The molecule has 0 unspecified atom stereocenters. The van der Waals surface area contributed by atoms with Crippen molar-refractivity contribution in [2.24, 2.45) is 4.99 Å². The molecule has 1 aromatic rings. The van der Waals surface area contributed by atoms with Crippen LogP contribution in [0.4, 0.5) is 10.1 Å². The van der Waals surface area contributed by atoms with Crippen molar-refractivity contribution in [3.63, 3.8) is 0 Å². The van der Waals surface area contributed by atoms with E-state index in [9.17, 15) is 12.8 Å². The van der Waals surface area contributed by atoms with E-state index < -0.39 is 9.84 Å². The first kappa shape index (κ1) is 23.1. The van der Waals surface area contributed by atoms with Crippen molar-refractivity contribution in [3.05, 3.63) is 30.1 Å². The molecule has 0 saturated carbocycles. The maximum atomic E-state index is 14.0. The molecule has 0 spiro atoms. The van der Waals surface area contributed by atoms with Gasteiger partial charge in [-0.3, -0.25) is 9.89 Å². The van der Waals surface area contributed by atoms with Crippen molar-refractivity contribution in [1.29, 1.82) is 0 Å². The largest absolute Gasteiger partial charge is 0.366 e. The van der Waals surface area contributed by atoms with E-state index in [0.717, 1.165) is 45.2 Å². The second-order valence-corrected chi connectivity index (χ2v) is 9.20. The molecule has 2 heterocycles. The molecule has 0 atom stereocenters. The van der Waals surface area contributed by atoms with E-state index in [1.807, 2.05) is 12.1 Å². The van der Waals surface area contributed by atoms with Crippen molar-refractivity contribution >= 4 is 45.5 Å². The number of rotatable bonds is 4. The molecule has 28 heavy (non-hydrogen) atoms. The van der Waals surface area contributed by atoms with Crippen LogP contribution in [0, 0.1) is 5.82 Å². The third-order valence-electron chi connectivity index (χ3n) is 5.13. The lowest BCUT2D eigenvalue weighted by Crippen LogP contribution is -2.53. The molecule has 2 fully saturated rings. The first-order chi connectivity index (χ1) is 13.0. The van der Waals surface area contributed by atoms with Crippen LogP contribution in [-0.4, -0.2) is 95.1 Å². The summed E-state index contributed by atoms with van der Waals surface area (Å²) in [6.07, 6.45) is 0. The van der Waals surface area contributed by atoms with E-state index in [2.05, 4.69) is 25.0 Å². The van der Waals surface area contributed by atoms with Crippen molar-refractivity contribution in [1.82, 2.24) is 15.1 Å². The molecule has 158 valence electrons. The molecule has 3 rings (SSSR count). The van der Waals surface area contributed by atoms with E-state index in [4.69, 9.17) is 0 Å². The number of guanidine groups is 1. The molecule has 0 aromatic heterocycles. The van der Waals surface area contributed by atoms with Gasteiger partial charge in [0.2, 0.25) is 0 Å². The molecule has 0 aliphatic carbocycles. The van der Waals surface area contributed by atoms with Crippen LogP contribution < -0.4 is 10.2 Å². The minimum atomic E-state index is -2.84. The maximum absolute atomic E-state index is 14.0. The highest BCUT2D eigenvalue weighted by atomic mass is 127. The number of halogens is 2.